The van der Waals surface area contributed by atoms with E-state index in [9.17, 15) is 90.7 Å². The summed E-state index contributed by atoms with van der Waals surface area (Å²) in [5.41, 5.74) is 0. The topological polar surface area (TPSA) is 416 Å². The molecule has 25 heteroatoms. The van der Waals surface area contributed by atoms with Gasteiger partial charge in [0, 0.05) is 0 Å². The van der Waals surface area contributed by atoms with Gasteiger partial charge in [-0.25, -0.2) is 19.2 Å². The lowest BCUT2D eigenvalue weighted by Crippen LogP contribution is -2.68. The lowest BCUT2D eigenvalue weighted by molar-refractivity contribution is -0.378. The van der Waals surface area contributed by atoms with Gasteiger partial charge < -0.3 is 105 Å². The molecule has 4 heterocycles. The Bertz CT molecular complexity index is 1220. The molecule has 25 nitrogen and oxygen atoms in total. The Kier molecular flexibility index (Phi) is 12.1. The van der Waals surface area contributed by atoms with Crippen LogP contribution in [0.25, 0.3) is 0 Å². The standard InChI is InChI=1S/C24H34O25/c25-1-2(26)13(17(34)35)47-22(7(1)31)45-11-4(28)9(33)24(49-15(11)19(38)39)46-12-5(29)8(32)23(48-16(12)20(40)41)44-10-3(27)6(30)21(42)43-14(10)18(36)37/h1-16,21-33,42H,(H,34,35)(H,36,37)(H,38,39)(H,40,41)/t1-,2-,3+,4+,5+,6+,7+,8+,9+,10-,11-,12-,13-,14-,15-,16-,21+,22+,23+,24+/m0/s1. The summed E-state index contributed by atoms with van der Waals surface area (Å²) < 4.78 is 35.3. The van der Waals surface area contributed by atoms with Crippen molar-refractivity contribution < 1.29 is 124 Å². The van der Waals surface area contributed by atoms with Gasteiger partial charge in [0.05, 0.1) is 0 Å². The van der Waals surface area contributed by atoms with Crippen molar-refractivity contribution in [2.24, 2.45) is 0 Å². The normalized spacial score (nSPS) is 49.2. The predicted molar refractivity (Wildman–Crippen MR) is 136 cm³/mol. The molecule has 49 heavy (non-hydrogen) atoms. The molecule has 0 amide bonds. The Labute approximate surface area is 271 Å². The van der Waals surface area contributed by atoms with Gasteiger partial charge in [-0.05, 0) is 0 Å². The maximum absolute atomic E-state index is 12.1. The van der Waals surface area contributed by atoms with Crippen LogP contribution >= 0.6 is 0 Å². The predicted octanol–water partition coefficient (Wildman–Crippen LogP) is -9.38. The number of aliphatic carboxylic acids is 4. The fourth-order valence-electron chi connectivity index (χ4n) is 5.43. The zero-order chi connectivity index (χ0) is 36.8. The van der Waals surface area contributed by atoms with E-state index in [-0.39, 0.29) is 0 Å². The molecule has 0 saturated carbocycles. The fraction of sp³-hybridized carbons (Fsp3) is 0.833. The molecule has 0 spiro atoms. The summed E-state index contributed by atoms with van der Waals surface area (Å²) in [7, 11) is 0. The van der Waals surface area contributed by atoms with E-state index < -0.39 is 147 Å². The van der Waals surface area contributed by atoms with E-state index in [4.69, 9.17) is 28.4 Å². The van der Waals surface area contributed by atoms with Crippen molar-refractivity contribution in [3.8, 4) is 0 Å². The van der Waals surface area contributed by atoms with Crippen molar-refractivity contribution in [3.63, 3.8) is 0 Å². The van der Waals surface area contributed by atoms with Crippen molar-refractivity contribution in [2.75, 3.05) is 0 Å². The maximum Gasteiger partial charge on any atom is 0.335 e. The molecular formula is C24H34O25. The Morgan fingerprint density at radius 1 is 0.347 bits per heavy atom. The van der Waals surface area contributed by atoms with Crippen LogP contribution in [0.15, 0.2) is 0 Å². The zero-order valence-electron chi connectivity index (χ0n) is 24.3. The molecule has 0 aromatic rings. The first-order chi connectivity index (χ1) is 22.8. The van der Waals surface area contributed by atoms with Gasteiger partial charge in [-0.15, -0.1) is 0 Å². The number of hydrogen-bond donors (Lipinski definition) is 14. The maximum atomic E-state index is 12.1. The second-order valence-electron chi connectivity index (χ2n) is 11.3. The Morgan fingerprint density at radius 2 is 0.633 bits per heavy atom. The summed E-state index contributed by atoms with van der Waals surface area (Å²) in [6, 6.07) is 0. The number of carboxylic acid groups (broad SMARTS) is 4. The van der Waals surface area contributed by atoms with Crippen LogP contribution in [0.3, 0.4) is 0 Å². The monoisotopic (exact) mass is 722 g/mol. The van der Waals surface area contributed by atoms with Gasteiger partial charge in [0.15, 0.2) is 49.6 Å². The van der Waals surface area contributed by atoms with Gasteiger partial charge in [-0.1, -0.05) is 0 Å². The van der Waals surface area contributed by atoms with E-state index in [1.54, 1.807) is 0 Å². The zero-order valence-corrected chi connectivity index (χ0v) is 24.3. The molecule has 0 aliphatic carbocycles. The highest BCUT2D eigenvalue weighted by Gasteiger charge is 2.58. The van der Waals surface area contributed by atoms with Gasteiger partial charge in [0.25, 0.3) is 0 Å². The third-order valence-corrected chi connectivity index (χ3v) is 8.07. The molecule has 280 valence electrons. The highest BCUT2D eigenvalue weighted by atomic mass is 16.8. The third-order valence-electron chi connectivity index (χ3n) is 8.07. The van der Waals surface area contributed by atoms with Gasteiger partial charge in [0.2, 0.25) is 0 Å². The molecule has 0 bridgehead atoms. The van der Waals surface area contributed by atoms with Crippen LogP contribution in [-0.4, -0.2) is 218 Å². The van der Waals surface area contributed by atoms with Crippen LogP contribution in [0, 0.1) is 0 Å². The summed E-state index contributed by atoms with van der Waals surface area (Å²) in [4.78, 5) is 47.1. The van der Waals surface area contributed by atoms with Gasteiger partial charge in [-0.3, -0.25) is 0 Å². The third kappa shape index (κ3) is 7.62. The first-order valence-electron chi connectivity index (χ1n) is 14.1. The lowest BCUT2D eigenvalue weighted by atomic mass is 9.95. The Morgan fingerprint density at radius 3 is 0.980 bits per heavy atom. The lowest BCUT2D eigenvalue weighted by Gasteiger charge is -2.47. The minimum Gasteiger partial charge on any atom is -0.479 e. The summed E-state index contributed by atoms with van der Waals surface area (Å²) in [5.74, 6) is -7.64. The summed E-state index contributed by atoms with van der Waals surface area (Å²) >= 11 is 0. The quantitative estimate of drug-likeness (QED) is 0.0995. The highest BCUT2D eigenvalue weighted by molar-refractivity contribution is 5.75. The highest BCUT2D eigenvalue weighted by Crippen LogP contribution is 2.34. The average molecular weight is 723 g/mol. The number of rotatable bonds is 10. The molecule has 4 aliphatic rings. The number of carbonyl (C=O) groups is 4. The molecule has 4 rings (SSSR count). The Hall–Kier alpha value is -2.80. The van der Waals surface area contributed by atoms with E-state index in [1.165, 1.54) is 0 Å². The number of aliphatic hydroxyl groups excluding tert-OH is 10. The van der Waals surface area contributed by atoms with E-state index in [0.29, 0.717) is 0 Å². The second-order valence-corrected chi connectivity index (χ2v) is 11.3. The molecule has 4 aliphatic heterocycles. The molecule has 14 N–H and O–H groups in total. The summed E-state index contributed by atoms with van der Waals surface area (Å²) in [6.07, 6.45) is -45.8. The largest absolute Gasteiger partial charge is 0.479 e. The minimum atomic E-state index is -2.43. The second kappa shape index (κ2) is 15.2. The van der Waals surface area contributed by atoms with E-state index >= 15 is 0 Å². The van der Waals surface area contributed by atoms with E-state index in [0.717, 1.165) is 0 Å². The molecule has 0 radical (unpaired) electrons. The van der Waals surface area contributed by atoms with E-state index in [1.807, 2.05) is 0 Å². The van der Waals surface area contributed by atoms with Gasteiger partial charge in [0.1, 0.15) is 73.2 Å². The summed E-state index contributed by atoms with van der Waals surface area (Å²) in [6.45, 7) is 0. The van der Waals surface area contributed by atoms with Crippen molar-refractivity contribution in [1.29, 1.82) is 0 Å². The Balaban J connectivity index is 1.51. The van der Waals surface area contributed by atoms with Gasteiger partial charge in [-0.2, -0.15) is 0 Å². The van der Waals surface area contributed by atoms with Crippen molar-refractivity contribution in [2.45, 2.75) is 123 Å². The van der Waals surface area contributed by atoms with Crippen LogP contribution in [0.4, 0.5) is 0 Å². The summed E-state index contributed by atoms with van der Waals surface area (Å²) in [5, 5.41) is 141. The van der Waals surface area contributed by atoms with Crippen LogP contribution in [-0.2, 0) is 52.3 Å². The number of carboxylic acids is 4. The number of hydrogen-bond acceptors (Lipinski definition) is 21. The SMILES string of the molecule is O=C(O)[C@H]1O[C@@H](O[C@H]2[C@H](O)[C@@H](O)[C@H](O[C@H]3[C@H](O)[C@@H](O)[C@H](O[C@H]4[C@H](O)[C@@H](O)[C@H](O)O[C@@H]4C(=O)O)O[C@@H]3C(=O)O)O[C@@H]2C(=O)O)[C@H](O)[C@@H](O)[C@@H]1O. The smallest absolute Gasteiger partial charge is 0.335 e. The number of aliphatic hydroxyl groups is 10. The van der Waals surface area contributed by atoms with Crippen molar-refractivity contribution in [1.82, 2.24) is 0 Å². The average Bonchev–Trinajstić information content (AvgIpc) is 3.03. The fourth-order valence-corrected chi connectivity index (χ4v) is 5.43. The van der Waals surface area contributed by atoms with Crippen LogP contribution in [0.2, 0.25) is 0 Å². The number of ether oxygens (including phenoxy) is 7. The molecular weight excluding hydrogens is 688 g/mol. The first-order valence-corrected chi connectivity index (χ1v) is 14.1. The molecule has 0 aromatic carbocycles. The minimum absolute atomic E-state index is 1.84. The van der Waals surface area contributed by atoms with Gasteiger partial charge >= 0.3 is 23.9 Å². The molecule has 0 aromatic heterocycles. The molecule has 4 fully saturated rings. The van der Waals surface area contributed by atoms with Crippen molar-refractivity contribution in [3.05, 3.63) is 0 Å². The molecule has 0 unspecified atom stereocenters. The van der Waals surface area contributed by atoms with Crippen LogP contribution in [0.5, 0.6) is 0 Å². The van der Waals surface area contributed by atoms with Crippen LogP contribution < -0.4 is 0 Å². The van der Waals surface area contributed by atoms with Crippen molar-refractivity contribution >= 4 is 23.9 Å². The molecule has 4 saturated heterocycles. The first kappa shape index (κ1) is 39.0. The van der Waals surface area contributed by atoms with E-state index in [2.05, 4.69) is 4.74 Å². The van der Waals surface area contributed by atoms with Crippen LogP contribution in [0.1, 0.15) is 0 Å². The molecule has 20 atom stereocenters.